The average molecular weight is 506 g/mol. The van der Waals surface area contributed by atoms with E-state index in [9.17, 15) is 9.18 Å². The largest absolute Gasteiger partial charge is 0.493 e. The molecule has 1 aliphatic rings. The standard InChI is InChI=1S/C22H25BrFN5O3/c1-12(27-21(30)32-22(2,3)4)17-11-29-19(28-17)15(23)10-26-20(29)25-9-14-13-7-8-31-18(13)6-5-16(14)24/h5-6,10-12H,7-9H2,1-4H3,(H,25,26)(H,27,30). The van der Waals surface area contributed by atoms with Crippen LogP contribution in [0.25, 0.3) is 5.65 Å². The second-order valence-electron chi connectivity index (χ2n) is 8.61. The summed E-state index contributed by atoms with van der Waals surface area (Å²) >= 11 is 3.47. The van der Waals surface area contributed by atoms with Gasteiger partial charge in [0.15, 0.2) is 5.65 Å². The second kappa shape index (κ2) is 8.57. The number of hydrogen-bond donors (Lipinski definition) is 2. The number of nitrogens with one attached hydrogen (secondary N) is 2. The monoisotopic (exact) mass is 505 g/mol. The normalized spacial score (nSPS) is 14.1. The summed E-state index contributed by atoms with van der Waals surface area (Å²) in [6.45, 7) is 8.05. The molecule has 8 nitrogen and oxygen atoms in total. The minimum absolute atomic E-state index is 0.251. The molecule has 170 valence electrons. The Morgan fingerprint density at radius 1 is 1.41 bits per heavy atom. The third-order valence-corrected chi connectivity index (χ3v) is 5.57. The smallest absolute Gasteiger partial charge is 0.408 e. The van der Waals surface area contributed by atoms with E-state index in [1.807, 2.05) is 6.92 Å². The lowest BCUT2D eigenvalue weighted by Crippen LogP contribution is -2.34. The van der Waals surface area contributed by atoms with E-state index in [-0.39, 0.29) is 12.4 Å². The lowest BCUT2D eigenvalue weighted by Gasteiger charge is -2.21. The summed E-state index contributed by atoms with van der Waals surface area (Å²) in [5, 5.41) is 6.00. The van der Waals surface area contributed by atoms with Gasteiger partial charge in [0, 0.05) is 36.5 Å². The summed E-state index contributed by atoms with van der Waals surface area (Å²) < 4.78 is 27.8. The molecular formula is C22H25BrFN5O3. The van der Waals surface area contributed by atoms with Crippen LogP contribution < -0.4 is 15.4 Å². The fourth-order valence-electron chi connectivity index (χ4n) is 3.54. The first-order valence-electron chi connectivity index (χ1n) is 10.3. The van der Waals surface area contributed by atoms with E-state index in [0.29, 0.717) is 40.4 Å². The highest BCUT2D eigenvalue weighted by molar-refractivity contribution is 9.10. The molecule has 10 heteroatoms. The quantitative estimate of drug-likeness (QED) is 0.519. The van der Waals surface area contributed by atoms with Gasteiger partial charge < -0.3 is 20.1 Å². The number of anilines is 1. The molecular weight excluding hydrogens is 481 g/mol. The van der Waals surface area contributed by atoms with Gasteiger partial charge in [0.25, 0.3) is 0 Å². The Kier molecular flexibility index (Phi) is 5.98. The number of nitrogens with zero attached hydrogens (tertiary/aromatic N) is 3. The molecule has 2 aromatic heterocycles. The van der Waals surface area contributed by atoms with E-state index in [1.54, 1.807) is 43.6 Å². The van der Waals surface area contributed by atoms with Crippen LogP contribution in [0.15, 0.2) is 29.0 Å². The van der Waals surface area contributed by atoms with Crippen molar-refractivity contribution >= 4 is 33.6 Å². The summed E-state index contributed by atoms with van der Waals surface area (Å²) in [6.07, 6.45) is 3.58. The number of imidazole rings is 1. The van der Waals surface area contributed by atoms with Gasteiger partial charge >= 0.3 is 6.09 Å². The molecule has 4 rings (SSSR count). The van der Waals surface area contributed by atoms with Crippen LogP contribution >= 0.6 is 15.9 Å². The van der Waals surface area contributed by atoms with Gasteiger partial charge in [0.05, 0.1) is 22.8 Å². The van der Waals surface area contributed by atoms with Gasteiger partial charge in [0.2, 0.25) is 5.95 Å². The van der Waals surface area contributed by atoms with Crippen molar-refractivity contribution in [3.05, 3.63) is 51.6 Å². The Morgan fingerprint density at radius 3 is 2.94 bits per heavy atom. The molecule has 0 bridgehead atoms. The van der Waals surface area contributed by atoms with Crippen LogP contribution in [0.3, 0.4) is 0 Å². The van der Waals surface area contributed by atoms with Crippen molar-refractivity contribution in [2.24, 2.45) is 0 Å². The van der Waals surface area contributed by atoms with Gasteiger partial charge in [0.1, 0.15) is 17.2 Å². The molecule has 0 spiro atoms. The second-order valence-corrected chi connectivity index (χ2v) is 9.47. The molecule has 1 aromatic carbocycles. The summed E-state index contributed by atoms with van der Waals surface area (Å²) in [4.78, 5) is 21.2. The fourth-order valence-corrected chi connectivity index (χ4v) is 3.92. The van der Waals surface area contributed by atoms with Crippen LogP contribution in [0.4, 0.5) is 15.1 Å². The molecule has 0 saturated carbocycles. The van der Waals surface area contributed by atoms with E-state index in [0.717, 1.165) is 11.3 Å². The van der Waals surface area contributed by atoms with E-state index >= 15 is 0 Å². The van der Waals surface area contributed by atoms with Crippen molar-refractivity contribution in [2.75, 3.05) is 11.9 Å². The first-order chi connectivity index (χ1) is 15.1. The number of carbonyl (C=O) groups excluding carboxylic acids is 1. The van der Waals surface area contributed by atoms with E-state index in [4.69, 9.17) is 9.47 Å². The number of fused-ring (bicyclic) bond motifs is 2. The van der Waals surface area contributed by atoms with Gasteiger partial charge in [-0.15, -0.1) is 0 Å². The molecule has 1 atom stereocenters. The Morgan fingerprint density at radius 2 is 2.19 bits per heavy atom. The van der Waals surface area contributed by atoms with Gasteiger partial charge in [-0.3, -0.25) is 4.40 Å². The molecule has 0 saturated heterocycles. The maximum Gasteiger partial charge on any atom is 0.408 e. The number of aromatic nitrogens is 3. The van der Waals surface area contributed by atoms with E-state index in [2.05, 4.69) is 36.5 Å². The van der Waals surface area contributed by atoms with Gasteiger partial charge in [-0.25, -0.2) is 19.2 Å². The predicted molar refractivity (Wildman–Crippen MR) is 121 cm³/mol. The van der Waals surface area contributed by atoms with Crippen molar-refractivity contribution in [2.45, 2.75) is 52.3 Å². The third kappa shape index (κ3) is 4.64. The number of amides is 1. The molecule has 0 radical (unpaired) electrons. The zero-order chi connectivity index (χ0) is 23.0. The van der Waals surface area contributed by atoms with Gasteiger partial charge in [-0.05, 0) is 55.8 Å². The van der Waals surface area contributed by atoms with Crippen molar-refractivity contribution in [1.29, 1.82) is 0 Å². The highest BCUT2D eigenvalue weighted by Gasteiger charge is 2.22. The predicted octanol–water partition coefficient (Wildman–Crippen LogP) is 4.76. The van der Waals surface area contributed by atoms with Crippen molar-refractivity contribution < 1.29 is 18.7 Å². The summed E-state index contributed by atoms with van der Waals surface area (Å²) in [5.74, 6) is 0.947. The summed E-state index contributed by atoms with van der Waals surface area (Å²) in [6, 6.07) is 2.69. The molecule has 3 heterocycles. The zero-order valence-electron chi connectivity index (χ0n) is 18.3. The van der Waals surface area contributed by atoms with Gasteiger partial charge in [-0.2, -0.15) is 0 Å². The first-order valence-corrected chi connectivity index (χ1v) is 11.1. The Hall–Kier alpha value is -2.88. The van der Waals surface area contributed by atoms with Crippen LogP contribution in [0.1, 0.15) is 50.6 Å². The van der Waals surface area contributed by atoms with E-state index in [1.165, 1.54) is 6.07 Å². The number of rotatable bonds is 5. The summed E-state index contributed by atoms with van der Waals surface area (Å²) in [5.41, 5.74) is 2.11. The molecule has 2 N–H and O–H groups in total. The molecule has 1 amide bonds. The highest BCUT2D eigenvalue weighted by Crippen LogP contribution is 2.31. The van der Waals surface area contributed by atoms with Crippen LogP contribution in [-0.2, 0) is 17.7 Å². The first kappa shape index (κ1) is 22.3. The minimum atomic E-state index is -0.593. The Labute approximate surface area is 193 Å². The molecule has 3 aromatic rings. The minimum Gasteiger partial charge on any atom is -0.493 e. The zero-order valence-corrected chi connectivity index (χ0v) is 19.9. The Bertz CT molecular complexity index is 1170. The number of benzene rings is 1. The third-order valence-electron chi connectivity index (χ3n) is 5.01. The van der Waals surface area contributed by atoms with E-state index < -0.39 is 17.7 Å². The van der Waals surface area contributed by atoms with Crippen LogP contribution in [-0.4, -0.2) is 32.7 Å². The number of hydrogen-bond acceptors (Lipinski definition) is 6. The number of alkyl carbamates (subject to hydrolysis) is 1. The SMILES string of the molecule is CC(NC(=O)OC(C)(C)C)c1cn2c(NCc3c(F)ccc4c3CCO4)ncc(Br)c2n1. The van der Waals surface area contributed by atoms with Crippen LogP contribution in [0, 0.1) is 5.82 Å². The maximum absolute atomic E-state index is 14.5. The highest BCUT2D eigenvalue weighted by atomic mass is 79.9. The average Bonchev–Trinajstić information content (AvgIpc) is 3.34. The lowest BCUT2D eigenvalue weighted by molar-refractivity contribution is 0.0507. The topological polar surface area (TPSA) is 89.8 Å². The maximum atomic E-state index is 14.5. The molecule has 0 aliphatic carbocycles. The number of carbonyl (C=O) groups is 1. The van der Waals surface area contributed by atoms with Crippen LogP contribution in [0.2, 0.25) is 0 Å². The molecule has 1 aliphatic heterocycles. The van der Waals surface area contributed by atoms with Crippen LogP contribution in [0.5, 0.6) is 5.75 Å². The van der Waals surface area contributed by atoms with Crippen molar-refractivity contribution in [1.82, 2.24) is 19.7 Å². The lowest BCUT2D eigenvalue weighted by atomic mass is 10.0. The van der Waals surface area contributed by atoms with Gasteiger partial charge in [-0.1, -0.05) is 0 Å². The number of ether oxygens (including phenoxy) is 2. The Balaban J connectivity index is 1.57. The van der Waals surface area contributed by atoms with Crippen molar-refractivity contribution in [3.8, 4) is 5.75 Å². The molecule has 32 heavy (non-hydrogen) atoms. The molecule has 0 fully saturated rings. The number of halogens is 2. The fraction of sp³-hybridized carbons (Fsp3) is 0.409. The molecule has 1 unspecified atom stereocenters. The summed E-state index contributed by atoms with van der Waals surface area (Å²) in [7, 11) is 0. The van der Waals surface area contributed by atoms with Crippen molar-refractivity contribution in [3.63, 3.8) is 0 Å².